The van der Waals surface area contributed by atoms with Gasteiger partial charge in [-0.1, -0.05) is 18.2 Å². The molecule has 0 radical (unpaired) electrons. The molecule has 0 unspecified atom stereocenters. The second-order valence-electron chi connectivity index (χ2n) is 5.14. The number of rotatable bonds is 6. The first-order chi connectivity index (χ1) is 10.6. The van der Waals surface area contributed by atoms with Gasteiger partial charge in [-0.3, -0.25) is 4.79 Å². The summed E-state index contributed by atoms with van der Waals surface area (Å²) in [6.07, 6.45) is 0.282. The first-order valence-corrected chi connectivity index (χ1v) is 7.62. The number of hydrogen-bond donors (Lipinski definition) is 2. The number of nitrogens with one attached hydrogen (secondary N) is 1. The molecule has 0 bridgehead atoms. The van der Waals surface area contributed by atoms with Gasteiger partial charge in [0.2, 0.25) is 5.91 Å². The molecule has 0 fully saturated rings. The summed E-state index contributed by atoms with van der Waals surface area (Å²) in [5, 5.41) is 2.91. The Morgan fingerprint density at radius 1 is 1.05 bits per heavy atom. The largest absolute Gasteiger partial charge is 0.398 e. The maximum absolute atomic E-state index is 12.1. The Morgan fingerprint density at radius 2 is 1.68 bits per heavy atom. The van der Waals surface area contributed by atoms with E-state index in [2.05, 4.69) is 24.1 Å². The van der Waals surface area contributed by atoms with Crippen LogP contribution in [0.3, 0.4) is 0 Å². The van der Waals surface area contributed by atoms with Gasteiger partial charge in [0.1, 0.15) is 0 Å². The van der Waals surface area contributed by atoms with Gasteiger partial charge in [-0.2, -0.15) is 0 Å². The number of nitrogens with two attached hydrogens (primary N) is 1. The molecule has 0 saturated heterocycles. The quantitative estimate of drug-likeness (QED) is 0.804. The average molecular weight is 297 g/mol. The molecule has 3 N–H and O–H groups in total. The minimum absolute atomic E-state index is 0.0616. The Hall–Kier alpha value is -2.49. The Labute approximate surface area is 131 Å². The van der Waals surface area contributed by atoms with Gasteiger partial charge in [0.15, 0.2) is 0 Å². The summed E-state index contributed by atoms with van der Waals surface area (Å²) in [6, 6.07) is 15.3. The minimum atomic E-state index is -0.0616. The lowest BCUT2D eigenvalue weighted by atomic mass is 10.1. The second-order valence-corrected chi connectivity index (χ2v) is 5.14. The maximum Gasteiger partial charge on any atom is 0.228 e. The van der Waals surface area contributed by atoms with Crippen molar-refractivity contribution in [3.05, 3.63) is 54.1 Å². The van der Waals surface area contributed by atoms with Crippen molar-refractivity contribution in [2.75, 3.05) is 29.0 Å². The van der Waals surface area contributed by atoms with Crippen LogP contribution in [0.4, 0.5) is 17.1 Å². The van der Waals surface area contributed by atoms with Crippen LogP contribution < -0.4 is 16.0 Å². The van der Waals surface area contributed by atoms with E-state index in [1.165, 1.54) is 0 Å². The van der Waals surface area contributed by atoms with Gasteiger partial charge < -0.3 is 16.0 Å². The fourth-order valence-electron chi connectivity index (χ4n) is 2.42. The molecule has 0 aliphatic rings. The van der Waals surface area contributed by atoms with Gasteiger partial charge in [-0.25, -0.2) is 0 Å². The predicted octanol–water partition coefficient (Wildman–Crippen LogP) is 3.30. The van der Waals surface area contributed by atoms with Crippen LogP contribution in [0.15, 0.2) is 48.5 Å². The van der Waals surface area contributed by atoms with E-state index in [0.29, 0.717) is 5.69 Å². The molecule has 22 heavy (non-hydrogen) atoms. The summed E-state index contributed by atoms with van der Waals surface area (Å²) < 4.78 is 0. The summed E-state index contributed by atoms with van der Waals surface area (Å²) >= 11 is 0. The highest BCUT2D eigenvalue weighted by molar-refractivity contribution is 5.93. The first kappa shape index (κ1) is 15.9. The number of carbonyl (C=O) groups is 1. The van der Waals surface area contributed by atoms with Crippen LogP contribution in [-0.4, -0.2) is 19.0 Å². The third-order valence-corrected chi connectivity index (χ3v) is 3.69. The van der Waals surface area contributed by atoms with E-state index in [9.17, 15) is 4.79 Å². The van der Waals surface area contributed by atoms with Gasteiger partial charge >= 0.3 is 0 Å². The van der Waals surface area contributed by atoms with E-state index in [0.717, 1.165) is 30.0 Å². The average Bonchev–Trinajstić information content (AvgIpc) is 2.52. The van der Waals surface area contributed by atoms with Crippen LogP contribution in [0.5, 0.6) is 0 Å². The highest BCUT2D eigenvalue weighted by Gasteiger charge is 2.07. The molecule has 0 aliphatic heterocycles. The molecule has 2 aromatic rings. The van der Waals surface area contributed by atoms with Crippen molar-refractivity contribution >= 4 is 23.0 Å². The molecule has 2 aromatic carbocycles. The van der Waals surface area contributed by atoms with Crippen molar-refractivity contribution < 1.29 is 4.79 Å². The highest BCUT2D eigenvalue weighted by Crippen LogP contribution is 2.18. The maximum atomic E-state index is 12.1. The van der Waals surface area contributed by atoms with Crippen molar-refractivity contribution in [2.24, 2.45) is 0 Å². The van der Waals surface area contributed by atoms with Crippen molar-refractivity contribution in [1.29, 1.82) is 0 Å². The van der Waals surface area contributed by atoms with Crippen molar-refractivity contribution in [3.8, 4) is 0 Å². The lowest BCUT2D eigenvalue weighted by Gasteiger charge is -2.21. The molecule has 4 nitrogen and oxygen atoms in total. The number of amides is 1. The molecule has 4 heteroatoms. The summed E-state index contributed by atoms with van der Waals surface area (Å²) in [4.78, 5) is 14.3. The van der Waals surface area contributed by atoms with E-state index in [1.54, 1.807) is 0 Å². The number of nitrogens with zero attached hydrogens (tertiary/aromatic N) is 1. The van der Waals surface area contributed by atoms with E-state index in [1.807, 2.05) is 48.5 Å². The zero-order chi connectivity index (χ0) is 15.9. The molecule has 1 amide bonds. The summed E-state index contributed by atoms with van der Waals surface area (Å²) in [5.74, 6) is -0.0616. The van der Waals surface area contributed by atoms with Crippen molar-refractivity contribution in [1.82, 2.24) is 0 Å². The monoisotopic (exact) mass is 297 g/mol. The van der Waals surface area contributed by atoms with Crippen LogP contribution in [0, 0.1) is 0 Å². The molecular formula is C18H23N3O. The predicted molar refractivity (Wildman–Crippen MR) is 93.2 cm³/mol. The van der Waals surface area contributed by atoms with E-state index < -0.39 is 0 Å². The Kier molecular flexibility index (Phi) is 5.42. The number of benzene rings is 2. The SMILES string of the molecule is CCN(CC)c1ccc(NC(=O)Cc2ccccc2N)cc1. The first-order valence-electron chi connectivity index (χ1n) is 7.62. The number of hydrogen-bond acceptors (Lipinski definition) is 3. The zero-order valence-corrected chi connectivity index (χ0v) is 13.2. The lowest BCUT2D eigenvalue weighted by molar-refractivity contribution is -0.115. The Balaban J connectivity index is 1.99. The second kappa shape index (κ2) is 7.50. The Morgan fingerprint density at radius 3 is 2.27 bits per heavy atom. The summed E-state index contributed by atoms with van der Waals surface area (Å²) in [6.45, 7) is 6.19. The molecule has 2 rings (SSSR count). The molecule has 0 heterocycles. The minimum Gasteiger partial charge on any atom is -0.398 e. The van der Waals surface area contributed by atoms with Crippen LogP contribution in [0.25, 0.3) is 0 Å². The van der Waals surface area contributed by atoms with E-state index in [4.69, 9.17) is 5.73 Å². The van der Waals surface area contributed by atoms with E-state index >= 15 is 0 Å². The number of nitrogen functional groups attached to an aromatic ring is 1. The van der Waals surface area contributed by atoms with Crippen LogP contribution >= 0.6 is 0 Å². The number of carbonyl (C=O) groups excluding carboxylic acids is 1. The van der Waals surface area contributed by atoms with Crippen LogP contribution in [-0.2, 0) is 11.2 Å². The topological polar surface area (TPSA) is 58.4 Å². The highest BCUT2D eigenvalue weighted by atomic mass is 16.1. The van der Waals surface area contributed by atoms with E-state index in [-0.39, 0.29) is 12.3 Å². The standard InChI is InChI=1S/C18H23N3O/c1-3-21(4-2)16-11-9-15(10-12-16)20-18(22)13-14-7-5-6-8-17(14)19/h5-12H,3-4,13,19H2,1-2H3,(H,20,22). The van der Waals surface area contributed by atoms with Crippen LogP contribution in [0.1, 0.15) is 19.4 Å². The fraction of sp³-hybridized carbons (Fsp3) is 0.278. The summed E-state index contributed by atoms with van der Waals surface area (Å²) in [7, 11) is 0. The molecule has 0 saturated carbocycles. The van der Waals surface area contributed by atoms with Gasteiger partial charge in [-0.15, -0.1) is 0 Å². The van der Waals surface area contributed by atoms with Gasteiger partial charge in [0, 0.05) is 30.2 Å². The normalized spacial score (nSPS) is 10.3. The van der Waals surface area contributed by atoms with Crippen molar-refractivity contribution in [3.63, 3.8) is 0 Å². The number of para-hydroxylation sites is 1. The lowest BCUT2D eigenvalue weighted by Crippen LogP contribution is -2.21. The molecule has 116 valence electrons. The molecule has 0 spiro atoms. The van der Waals surface area contributed by atoms with Crippen LogP contribution in [0.2, 0.25) is 0 Å². The molecule has 0 atom stereocenters. The summed E-state index contributed by atoms with van der Waals surface area (Å²) in [5.41, 5.74) is 9.32. The number of anilines is 3. The third kappa shape index (κ3) is 4.01. The smallest absolute Gasteiger partial charge is 0.228 e. The molecular weight excluding hydrogens is 274 g/mol. The third-order valence-electron chi connectivity index (χ3n) is 3.69. The van der Waals surface area contributed by atoms with Gasteiger partial charge in [0.05, 0.1) is 6.42 Å². The molecule has 0 aliphatic carbocycles. The Bertz CT molecular complexity index is 618. The van der Waals surface area contributed by atoms with Gasteiger partial charge in [0.25, 0.3) is 0 Å². The van der Waals surface area contributed by atoms with Gasteiger partial charge in [-0.05, 0) is 49.7 Å². The van der Waals surface area contributed by atoms with Crippen molar-refractivity contribution in [2.45, 2.75) is 20.3 Å². The fourth-order valence-corrected chi connectivity index (χ4v) is 2.42. The molecule has 0 aromatic heterocycles. The zero-order valence-electron chi connectivity index (χ0n) is 13.2.